The number of hydrogen-bond donors (Lipinski definition) is 0. The summed E-state index contributed by atoms with van der Waals surface area (Å²) in [4.78, 5) is 24.5. The van der Waals surface area contributed by atoms with Crippen LogP contribution in [0.1, 0.15) is 120 Å². The lowest BCUT2D eigenvalue weighted by Crippen LogP contribution is -2.65. The monoisotopic (exact) mass is 482 g/mol. The average molecular weight is 483 g/mol. The first kappa shape index (κ1) is 25.5. The Labute approximate surface area is 214 Å². The van der Waals surface area contributed by atoms with Crippen LogP contribution in [0.25, 0.3) is 0 Å². The molecule has 0 radical (unpaired) electrons. The summed E-state index contributed by atoms with van der Waals surface area (Å²) in [6, 6.07) is 0. The Hall–Kier alpha value is -1.12. The molecule has 5 aliphatic rings. The molecule has 5 aliphatic carbocycles. The minimum Gasteiger partial charge on any atom is -0.462 e. The molecule has 0 aromatic carbocycles. The SMILES string of the molecule is CC(=O)O[C@H]1CCC2(C)[C@H]3CCC4C5=C(C(C)C)CCC5(C=O)CC[C@@]4(C)[C@]3(C)CC[C@H]2C1(C)C. The number of ether oxygens (including phenoxy) is 1. The van der Waals surface area contributed by atoms with Gasteiger partial charge in [0, 0.05) is 17.8 Å². The summed E-state index contributed by atoms with van der Waals surface area (Å²) >= 11 is 0. The van der Waals surface area contributed by atoms with Crippen LogP contribution >= 0.6 is 0 Å². The van der Waals surface area contributed by atoms with Gasteiger partial charge in [-0.05, 0) is 104 Å². The maximum absolute atomic E-state index is 12.6. The predicted octanol–water partition coefficient (Wildman–Crippen LogP) is 7.92. The van der Waals surface area contributed by atoms with Crippen LogP contribution < -0.4 is 0 Å². The smallest absolute Gasteiger partial charge is 0.302 e. The van der Waals surface area contributed by atoms with Crippen molar-refractivity contribution in [3.63, 3.8) is 0 Å². The van der Waals surface area contributed by atoms with Gasteiger partial charge in [0.1, 0.15) is 12.4 Å². The van der Waals surface area contributed by atoms with Gasteiger partial charge >= 0.3 is 5.97 Å². The molecule has 4 saturated carbocycles. The predicted molar refractivity (Wildman–Crippen MR) is 141 cm³/mol. The Morgan fingerprint density at radius 1 is 0.886 bits per heavy atom. The third-order valence-corrected chi connectivity index (χ3v) is 13.2. The molecular formula is C32H50O3. The summed E-state index contributed by atoms with van der Waals surface area (Å²) < 4.78 is 5.89. The van der Waals surface area contributed by atoms with Crippen LogP contribution in [0, 0.1) is 50.7 Å². The first-order chi connectivity index (χ1) is 16.3. The lowest BCUT2D eigenvalue weighted by Gasteiger charge is -2.72. The van der Waals surface area contributed by atoms with Crippen molar-refractivity contribution in [2.45, 2.75) is 126 Å². The van der Waals surface area contributed by atoms with Crippen molar-refractivity contribution >= 4 is 12.3 Å². The summed E-state index contributed by atoms with van der Waals surface area (Å²) in [5, 5.41) is 0. The highest BCUT2D eigenvalue weighted by Gasteiger charge is 2.69. The Balaban J connectivity index is 1.54. The number of hydrogen-bond acceptors (Lipinski definition) is 3. The van der Waals surface area contributed by atoms with Crippen molar-refractivity contribution in [1.29, 1.82) is 0 Å². The van der Waals surface area contributed by atoms with Crippen LogP contribution in [0.15, 0.2) is 11.1 Å². The first-order valence-corrected chi connectivity index (χ1v) is 14.6. The number of allylic oxidation sites excluding steroid dienone is 2. The summed E-state index contributed by atoms with van der Waals surface area (Å²) in [5.41, 5.74) is 3.89. The molecule has 3 nitrogen and oxygen atoms in total. The van der Waals surface area contributed by atoms with Gasteiger partial charge in [-0.2, -0.15) is 0 Å². The van der Waals surface area contributed by atoms with E-state index in [0.29, 0.717) is 23.7 Å². The Morgan fingerprint density at radius 3 is 2.23 bits per heavy atom. The standard InChI is InChI=1S/C32H50O3/c1-20(2)22-11-16-32(19-33)18-17-30(7)23(27(22)32)9-10-25-29(6)14-13-26(35-21(3)34)28(4,5)24(29)12-15-31(25,30)8/h19-20,23-26H,9-18H2,1-8H3/t23?,24-,25+,26-,29?,30+,31+,32?/m0/s1. The second-order valence-electron chi connectivity index (χ2n) is 14.9. The molecule has 35 heavy (non-hydrogen) atoms. The summed E-state index contributed by atoms with van der Waals surface area (Å²) in [6.07, 6.45) is 13.0. The molecule has 0 saturated heterocycles. The van der Waals surface area contributed by atoms with E-state index in [1.165, 1.54) is 38.4 Å². The van der Waals surface area contributed by atoms with Gasteiger partial charge in [-0.1, -0.05) is 59.6 Å². The number of fused-ring (bicyclic) bond motifs is 7. The topological polar surface area (TPSA) is 43.4 Å². The van der Waals surface area contributed by atoms with Crippen LogP contribution in [0.5, 0.6) is 0 Å². The van der Waals surface area contributed by atoms with E-state index in [0.717, 1.165) is 32.1 Å². The number of aldehydes is 1. The van der Waals surface area contributed by atoms with E-state index in [9.17, 15) is 9.59 Å². The van der Waals surface area contributed by atoms with E-state index in [4.69, 9.17) is 4.74 Å². The second kappa shape index (κ2) is 7.94. The van der Waals surface area contributed by atoms with E-state index in [-0.39, 0.29) is 39.1 Å². The normalized spacial score (nSPS) is 48.5. The van der Waals surface area contributed by atoms with Gasteiger partial charge in [0.25, 0.3) is 0 Å². The van der Waals surface area contributed by atoms with Crippen LogP contribution in [0.3, 0.4) is 0 Å². The lowest BCUT2D eigenvalue weighted by molar-refractivity contribution is -0.232. The van der Waals surface area contributed by atoms with Gasteiger partial charge in [-0.25, -0.2) is 0 Å². The van der Waals surface area contributed by atoms with E-state index < -0.39 is 0 Å². The van der Waals surface area contributed by atoms with Crippen molar-refractivity contribution in [1.82, 2.24) is 0 Å². The van der Waals surface area contributed by atoms with Crippen LogP contribution in [-0.2, 0) is 14.3 Å². The van der Waals surface area contributed by atoms with E-state index >= 15 is 0 Å². The fourth-order valence-electron chi connectivity index (χ4n) is 11.3. The summed E-state index contributed by atoms with van der Waals surface area (Å²) in [7, 11) is 0. The van der Waals surface area contributed by atoms with Gasteiger partial charge < -0.3 is 9.53 Å². The molecule has 0 spiro atoms. The molecule has 0 amide bonds. The largest absolute Gasteiger partial charge is 0.462 e. The van der Waals surface area contributed by atoms with Crippen molar-refractivity contribution in [3.05, 3.63) is 11.1 Å². The van der Waals surface area contributed by atoms with Crippen molar-refractivity contribution in [2.24, 2.45) is 50.7 Å². The summed E-state index contributed by atoms with van der Waals surface area (Å²) in [5.74, 6) is 2.26. The molecule has 4 fully saturated rings. The molecule has 3 heteroatoms. The zero-order valence-electron chi connectivity index (χ0n) is 23.8. The third-order valence-electron chi connectivity index (χ3n) is 13.2. The van der Waals surface area contributed by atoms with Gasteiger partial charge in [-0.15, -0.1) is 0 Å². The minimum absolute atomic E-state index is 0.00970. The number of esters is 1. The molecule has 0 N–H and O–H groups in total. The van der Waals surface area contributed by atoms with Gasteiger partial charge in [0.05, 0.1) is 0 Å². The molecule has 3 unspecified atom stereocenters. The first-order valence-electron chi connectivity index (χ1n) is 14.6. The fraction of sp³-hybridized carbons (Fsp3) is 0.875. The third kappa shape index (κ3) is 3.21. The molecule has 5 rings (SSSR count). The van der Waals surface area contributed by atoms with E-state index in [1.807, 2.05) is 0 Å². The molecule has 8 atom stereocenters. The van der Waals surface area contributed by atoms with E-state index in [1.54, 1.807) is 18.1 Å². The molecule has 0 aromatic heterocycles. The average Bonchev–Trinajstić information content (AvgIpc) is 3.16. The maximum Gasteiger partial charge on any atom is 0.302 e. The number of rotatable bonds is 3. The lowest BCUT2D eigenvalue weighted by atomic mass is 9.33. The highest BCUT2D eigenvalue weighted by Crippen LogP contribution is 2.76. The van der Waals surface area contributed by atoms with Crippen LogP contribution in [-0.4, -0.2) is 18.4 Å². The Bertz CT molecular complexity index is 944. The zero-order chi connectivity index (χ0) is 25.6. The second-order valence-corrected chi connectivity index (χ2v) is 14.9. The Morgan fingerprint density at radius 2 is 1.60 bits per heavy atom. The molecule has 0 aromatic rings. The van der Waals surface area contributed by atoms with Gasteiger partial charge in [0.15, 0.2) is 0 Å². The highest BCUT2D eigenvalue weighted by molar-refractivity contribution is 5.69. The zero-order valence-corrected chi connectivity index (χ0v) is 23.8. The molecule has 0 heterocycles. The van der Waals surface area contributed by atoms with Gasteiger partial charge in [-0.3, -0.25) is 4.79 Å². The molecular weight excluding hydrogens is 432 g/mol. The Kier molecular flexibility index (Phi) is 5.79. The maximum atomic E-state index is 12.6. The number of carbonyl (C=O) groups excluding carboxylic acids is 2. The summed E-state index contributed by atoms with van der Waals surface area (Å²) in [6.45, 7) is 18.9. The number of carbonyl (C=O) groups is 2. The van der Waals surface area contributed by atoms with Crippen molar-refractivity contribution in [3.8, 4) is 0 Å². The van der Waals surface area contributed by atoms with Crippen molar-refractivity contribution in [2.75, 3.05) is 0 Å². The molecule has 0 bridgehead atoms. The van der Waals surface area contributed by atoms with Crippen LogP contribution in [0.4, 0.5) is 0 Å². The molecule has 0 aliphatic heterocycles. The minimum atomic E-state index is -0.168. The van der Waals surface area contributed by atoms with Crippen molar-refractivity contribution < 1.29 is 14.3 Å². The fourth-order valence-corrected chi connectivity index (χ4v) is 11.3. The van der Waals surface area contributed by atoms with Crippen LogP contribution in [0.2, 0.25) is 0 Å². The molecule has 196 valence electrons. The van der Waals surface area contributed by atoms with Gasteiger partial charge in [0.2, 0.25) is 0 Å². The quantitative estimate of drug-likeness (QED) is 0.233. The highest BCUT2D eigenvalue weighted by atomic mass is 16.5. The van der Waals surface area contributed by atoms with E-state index in [2.05, 4.69) is 48.5 Å².